The molecular formula is C19H28N2O5. The standard InChI is InChI=1S/C19H28N2O5/c1-12(2)16(22)15(21-17(23)24)10-13-6-8-14(9-7-13)11-20-18(25)26-19(3,4)5/h6-9,15-16,21-22H,1,10-11H2,2-5H3,(H,20,25)(H,23,24)/t15-,16+/m0/s1. The summed E-state index contributed by atoms with van der Waals surface area (Å²) in [5.41, 5.74) is 1.67. The van der Waals surface area contributed by atoms with Crippen LogP contribution >= 0.6 is 0 Å². The van der Waals surface area contributed by atoms with Gasteiger partial charge in [-0.2, -0.15) is 0 Å². The minimum Gasteiger partial charge on any atom is -0.465 e. The van der Waals surface area contributed by atoms with Crippen molar-refractivity contribution in [1.29, 1.82) is 0 Å². The molecule has 4 N–H and O–H groups in total. The molecular weight excluding hydrogens is 336 g/mol. The number of carbonyl (C=O) groups excluding carboxylic acids is 1. The number of aliphatic hydroxyl groups is 1. The van der Waals surface area contributed by atoms with Crippen molar-refractivity contribution in [3.05, 3.63) is 47.5 Å². The average molecular weight is 364 g/mol. The number of alkyl carbamates (subject to hydrolysis) is 1. The largest absolute Gasteiger partial charge is 0.465 e. The maximum atomic E-state index is 11.7. The first-order valence-electron chi connectivity index (χ1n) is 8.35. The zero-order chi connectivity index (χ0) is 19.9. The molecule has 0 spiro atoms. The van der Waals surface area contributed by atoms with Gasteiger partial charge in [0, 0.05) is 6.54 Å². The number of carbonyl (C=O) groups is 2. The van der Waals surface area contributed by atoms with E-state index in [0.29, 0.717) is 18.5 Å². The van der Waals surface area contributed by atoms with E-state index in [0.717, 1.165) is 11.1 Å². The van der Waals surface area contributed by atoms with Gasteiger partial charge in [-0.05, 0) is 45.2 Å². The number of nitrogens with one attached hydrogen (secondary N) is 2. The number of amides is 2. The average Bonchev–Trinajstić information content (AvgIpc) is 2.50. The molecule has 0 aliphatic rings. The molecule has 2 atom stereocenters. The Balaban J connectivity index is 2.66. The lowest BCUT2D eigenvalue weighted by Crippen LogP contribution is -2.44. The van der Waals surface area contributed by atoms with Gasteiger partial charge in [-0.1, -0.05) is 36.4 Å². The van der Waals surface area contributed by atoms with Gasteiger partial charge in [0.2, 0.25) is 0 Å². The monoisotopic (exact) mass is 364 g/mol. The summed E-state index contributed by atoms with van der Waals surface area (Å²) in [7, 11) is 0. The van der Waals surface area contributed by atoms with Gasteiger partial charge in [0.05, 0.1) is 12.1 Å². The van der Waals surface area contributed by atoms with E-state index in [1.165, 1.54) is 0 Å². The minimum atomic E-state index is -1.20. The molecule has 1 aromatic rings. The second-order valence-electron chi connectivity index (χ2n) is 7.22. The van der Waals surface area contributed by atoms with Crippen LogP contribution in [0.15, 0.2) is 36.4 Å². The highest BCUT2D eigenvalue weighted by Crippen LogP contribution is 2.13. The summed E-state index contributed by atoms with van der Waals surface area (Å²) in [5.74, 6) is 0. The maximum Gasteiger partial charge on any atom is 0.407 e. The first-order valence-corrected chi connectivity index (χ1v) is 8.35. The lowest BCUT2D eigenvalue weighted by atomic mass is 9.97. The van der Waals surface area contributed by atoms with Gasteiger partial charge in [0.25, 0.3) is 0 Å². The third-order valence-electron chi connectivity index (χ3n) is 3.51. The molecule has 1 rings (SSSR count). The lowest BCUT2D eigenvalue weighted by Gasteiger charge is -2.23. The fourth-order valence-corrected chi connectivity index (χ4v) is 2.28. The van der Waals surface area contributed by atoms with Crippen LogP contribution in [0.25, 0.3) is 0 Å². The van der Waals surface area contributed by atoms with E-state index < -0.39 is 29.9 Å². The first kappa shape index (κ1) is 21.5. The number of aliphatic hydroxyl groups excluding tert-OH is 1. The molecule has 1 aromatic carbocycles. The fraction of sp³-hybridized carbons (Fsp3) is 0.474. The highest BCUT2D eigenvalue weighted by molar-refractivity contribution is 5.67. The molecule has 2 amide bonds. The SMILES string of the molecule is C=C(C)[C@@H](O)[C@H](Cc1ccc(CNC(=O)OC(C)(C)C)cc1)NC(=O)O. The van der Waals surface area contributed by atoms with Crippen LogP contribution in [0.4, 0.5) is 9.59 Å². The van der Waals surface area contributed by atoms with Crippen molar-refractivity contribution in [3.8, 4) is 0 Å². The number of ether oxygens (including phenoxy) is 1. The molecule has 0 radical (unpaired) electrons. The van der Waals surface area contributed by atoms with Gasteiger partial charge in [-0.15, -0.1) is 0 Å². The Morgan fingerprint density at radius 3 is 2.19 bits per heavy atom. The maximum absolute atomic E-state index is 11.7. The lowest BCUT2D eigenvalue weighted by molar-refractivity contribution is 0.0523. The van der Waals surface area contributed by atoms with E-state index in [2.05, 4.69) is 17.2 Å². The molecule has 0 heterocycles. The predicted molar refractivity (Wildman–Crippen MR) is 99.0 cm³/mol. The zero-order valence-electron chi connectivity index (χ0n) is 15.7. The van der Waals surface area contributed by atoms with Crippen LogP contribution < -0.4 is 10.6 Å². The summed E-state index contributed by atoms with van der Waals surface area (Å²) >= 11 is 0. The van der Waals surface area contributed by atoms with E-state index in [9.17, 15) is 14.7 Å². The predicted octanol–water partition coefficient (Wildman–Crippen LogP) is 2.83. The first-order chi connectivity index (χ1) is 12.0. The smallest absolute Gasteiger partial charge is 0.407 e. The minimum absolute atomic E-state index is 0.320. The molecule has 0 aliphatic heterocycles. The number of carboxylic acid groups (broad SMARTS) is 1. The molecule has 7 nitrogen and oxygen atoms in total. The normalized spacial score (nSPS) is 13.4. The van der Waals surface area contributed by atoms with E-state index in [1.54, 1.807) is 27.7 Å². The highest BCUT2D eigenvalue weighted by atomic mass is 16.6. The third-order valence-corrected chi connectivity index (χ3v) is 3.51. The number of benzene rings is 1. The van der Waals surface area contributed by atoms with Crippen molar-refractivity contribution in [2.24, 2.45) is 0 Å². The number of rotatable bonds is 7. The molecule has 7 heteroatoms. The number of hydrogen-bond donors (Lipinski definition) is 4. The Labute approximate surface area is 154 Å². The fourth-order valence-electron chi connectivity index (χ4n) is 2.28. The summed E-state index contributed by atoms with van der Waals surface area (Å²) < 4.78 is 5.17. The van der Waals surface area contributed by atoms with Crippen LogP contribution in [-0.2, 0) is 17.7 Å². The van der Waals surface area contributed by atoms with Gasteiger partial charge in [-0.3, -0.25) is 0 Å². The molecule has 0 fully saturated rings. The van der Waals surface area contributed by atoms with Gasteiger partial charge in [-0.25, -0.2) is 9.59 Å². The molecule has 0 aromatic heterocycles. The molecule has 0 bridgehead atoms. The summed E-state index contributed by atoms with van der Waals surface area (Å²) in [6.45, 7) is 11.0. The quantitative estimate of drug-likeness (QED) is 0.557. The topological polar surface area (TPSA) is 108 Å². The Morgan fingerprint density at radius 1 is 1.19 bits per heavy atom. The van der Waals surface area contributed by atoms with Crippen LogP contribution in [0.2, 0.25) is 0 Å². The Hall–Kier alpha value is -2.54. The summed E-state index contributed by atoms with van der Waals surface area (Å²) in [4.78, 5) is 22.6. The third kappa shape index (κ3) is 8.02. The van der Waals surface area contributed by atoms with Crippen molar-refractivity contribution < 1.29 is 24.5 Å². The van der Waals surface area contributed by atoms with Crippen molar-refractivity contribution >= 4 is 12.2 Å². The summed E-state index contributed by atoms with van der Waals surface area (Å²) in [6, 6.07) is 6.63. The second-order valence-corrected chi connectivity index (χ2v) is 7.22. The van der Waals surface area contributed by atoms with Crippen molar-refractivity contribution in [2.45, 2.75) is 58.4 Å². The second kappa shape index (κ2) is 9.24. The van der Waals surface area contributed by atoms with Crippen molar-refractivity contribution in [3.63, 3.8) is 0 Å². The molecule has 0 aliphatic carbocycles. The number of hydrogen-bond acceptors (Lipinski definition) is 4. The van der Waals surface area contributed by atoms with Gasteiger partial charge >= 0.3 is 12.2 Å². The summed E-state index contributed by atoms with van der Waals surface area (Å²) in [5, 5.41) is 24.0. The Kier molecular flexibility index (Phi) is 7.64. The molecule has 144 valence electrons. The van der Waals surface area contributed by atoms with Crippen LogP contribution in [0.3, 0.4) is 0 Å². The molecule has 26 heavy (non-hydrogen) atoms. The van der Waals surface area contributed by atoms with Crippen LogP contribution in [0.5, 0.6) is 0 Å². The van der Waals surface area contributed by atoms with E-state index in [1.807, 2.05) is 24.3 Å². The Morgan fingerprint density at radius 2 is 1.73 bits per heavy atom. The van der Waals surface area contributed by atoms with Gasteiger partial charge in [0.1, 0.15) is 5.60 Å². The zero-order valence-corrected chi connectivity index (χ0v) is 15.7. The van der Waals surface area contributed by atoms with E-state index in [4.69, 9.17) is 9.84 Å². The van der Waals surface area contributed by atoms with Crippen LogP contribution in [0.1, 0.15) is 38.8 Å². The molecule has 0 saturated carbocycles. The highest BCUT2D eigenvalue weighted by Gasteiger charge is 2.22. The van der Waals surface area contributed by atoms with Gasteiger partial charge in [0.15, 0.2) is 0 Å². The molecule has 0 unspecified atom stereocenters. The van der Waals surface area contributed by atoms with Crippen molar-refractivity contribution in [2.75, 3.05) is 0 Å². The van der Waals surface area contributed by atoms with Crippen LogP contribution in [0, 0.1) is 0 Å². The van der Waals surface area contributed by atoms with Crippen LogP contribution in [-0.4, -0.2) is 40.1 Å². The van der Waals surface area contributed by atoms with Gasteiger partial charge < -0.3 is 25.6 Å². The van der Waals surface area contributed by atoms with Crippen molar-refractivity contribution in [1.82, 2.24) is 10.6 Å². The molecule has 0 saturated heterocycles. The van der Waals surface area contributed by atoms with E-state index in [-0.39, 0.29) is 0 Å². The Bertz CT molecular complexity index is 634. The van der Waals surface area contributed by atoms with E-state index >= 15 is 0 Å². The summed E-state index contributed by atoms with van der Waals surface area (Å²) in [6.07, 6.45) is -2.34.